The number of piperazine rings is 1. The van der Waals surface area contributed by atoms with Crippen molar-refractivity contribution in [3.05, 3.63) is 34.4 Å². The van der Waals surface area contributed by atoms with E-state index < -0.39 is 4.92 Å². The third-order valence-electron chi connectivity index (χ3n) is 4.59. The monoisotopic (exact) mass is 349 g/mol. The SMILES string of the molecule is O=C([C@@H]1CCCO1)N1CCN(CCOc2cccc([N+](=O)[O-])c2)CC1. The lowest BCUT2D eigenvalue weighted by atomic mass is 10.2. The molecule has 0 bridgehead atoms. The molecule has 0 aliphatic carbocycles. The Morgan fingerprint density at radius 3 is 2.80 bits per heavy atom. The number of non-ortho nitro benzene ring substituents is 1. The van der Waals surface area contributed by atoms with Crippen LogP contribution in [-0.2, 0) is 9.53 Å². The van der Waals surface area contributed by atoms with Crippen LogP contribution in [0.3, 0.4) is 0 Å². The van der Waals surface area contributed by atoms with E-state index >= 15 is 0 Å². The molecule has 0 aromatic heterocycles. The summed E-state index contributed by atoms with van der Waals surface area (Å²) in [5.74, 6) is 0.617. The van der Waals surface area contributed by atoms with Gasteiger partial charge in [0, 0.05) is 45.4 Å². The molecule has 136 valence electrons. The normalized spacial score (nSPS) is 21.3. The quantitative estimate of drug-likeness (QED) is 0.568. The minimum absolute atomic E-state index is 0.0266. The van der Waals surface area contributed by atoms with E-state index in [1.54, 1.807) is 12.1 Å². The molecule has 0 spiro atoms. The standard InChI is InChI=1S/C17H23N3O5/c21-17(16-5-2-11-25-16)19-8-6-18(7-9-19)10-12-24-15-4-1-3-14(13-15)20(22)23/h1,3-4,13,16H,2,5-12H2/t16-/m0/s1. The van der Waals surface area contributed by atoms with Crippen LogP contribution in [0.2, 0.25) is 0 Å². The Kier molecular flexibility index (Phi) is 5.83. The van der Waals surface area contributed by atoms with Crippen molar-refractivity contribution < 1.29 is 19.2 Å². The Labute approximate surface area is 146 Å². The number of nitrogens with zero attached hydrogens (tertiary/aromatic N) is 3. The van der Waals surface area contributed by atoms with Gasteiger partial charge in [-0.3, -0.25) is 19.8 Å². The zero-order chi connectivity index (χ0) is 17.6. The van der Waals surface area contributed by atoms with E-state index in [4.69, 9.17) is 9.47 Å². The lowest BCUT2D eigenvalue weighted by Gasteiger charge is -2.35. The second-order valence-corrected chi connectivity index (χ2v) is 6.27. The molecular formula is C17H23N3O5. The summed E-state index contributed by atoms with van der Waals surface area (Å²) >= 11 is 0. The van der Waals surface area contributed by atoms with Gasteiger partial charge in [-0.2, -0.15) is 0 Å². The molecule has 3 rings (SSSR count). The molecule has 8 nitrogen and oxygen atoms in total. The number of carbonyl (C=O) groups excluding carboxylic acids is 1. The Morgan fingerprint density at radius 2 is 2.12 bits per heavy atom. The minimum atomic E-state index is -0.433. The molecule has 0 unspecified atom stereocenters. The fourth-order valence-electron chi connectivity index (χ4n) is 3.15. The first-order valence-corrected chi connectivity index (χ1v) is 8.63. The predicted molar refractivity (Wildman–Crippen MR) is 90.6 cm³/mol. The van der Waals surface area contributed by atoms with Crippen molar-refractivity contribution in [3.8, 4) is 5.75 Å². The van der Waals surface area contributed by atoms with Gasteiger partial charge >= 0.3 is 0 Å². The van der Waals surface area contributed by atoms with E-state index in [1.165, 1.54) is 12.1 Å². The second kappa shape index (κ2) is 8.26. The highest BCUT2D eigenvalue weighted by molar-refractivity contribution is 5.81. The van der Waals surface area contributed by atoms with Crippen LogP contribution >= 0.6 is 0 Å². The number of hydrogen-bond donors (Lipinski definition) is 0. The first-order valence-electron chi connectivity index (χ1n) is 8.63. The number of hydrogen-bond acceptors (Lipinski definition) is 6. The Bertz CT molecular complexity index is 610. The third kappa shape index (κ3) is 4.67. The zero-order valence-electron chi connectivity index (χ0n) is 14.1. The topological polar surface area (TPSA) is 85.2 Å². The summed E-state index contributed by atoms with van der Waals surface area (Å²) in [5.41, 5.74) is 0.0266. The summed E-state index contributed by atoms with van der Waals surface area (Å²) < 4.78 is 11.1. The van der Waals surface area contributed by atoms with Crippen molar-refractivity contribution in [2.75, 3.05) is 45.9 Å². The van der Waals surface area contributed by atoms with Crippen molar-refractivity contribution in [3.63, 3.8) is 0 Å². The van der Waals surface area contributed by atoms with Crippen LogP contribution in [0.4, 0.5) is 5.69 Å². The Morgan fingerprint density at radius 1 is 1.32 bits per heavy atom. The smallest absolute Gasteiger partial charge is 0.273 e. The number of nitro benzene ring substituents is 1. The molecule has 2 aliphatic rings. The van der Waals surface area contributed by atoms with Crippen molar-refractivity contribution in [2.45, 2.75) is 18.9 Å². The molecule has 0 saturated carbocycles. The van der Waals surface area contributed by atoms with Crippen LogP contribution in [0.1, 0.15) is 12.8 Å². The summed E-state index contributed by atoms with van der Waals surface area (Å²) in [6.45, 7) is 4.88. The molecule has 1 aromatic carbocycles. The molecule has 1 amide bonds. The van der Waals surface area contributed by atoms with E-state index in [2.05, 4.69) is 4.90 Å². The Hall–Kier alpha value is -2.19. The van der Waals surface area contributed by atoms with E-state index in [0.717, 1.165) is 32.5 Å². The molecule has 2 heterocycles. The average Bonchev–Trinajstić information content (AvgIpc) is 3.17. The minimum Gasteiger partial charge on any atom is -0.492 e. The summed E-state index contributed by atoms with van der Waals surface area (Å²) in [7, 11) is 0. The highest BCUT2D eigenvalue weighted by Gasteiger charge is 2.30. The zero-order valence-corrected chi connectivity index (χ0v) is 14.1. The number of rotatable bonds is 6. The largest absolute Gasteiger partial charge is 0.492 e. The molecule has 1 aromatic rings. The van der Waals surface area contributed by atoms with E-state index in [-0.39, 0.29) is 17.7 Å². The molecule has 0 N–H and O–H groups in total. The van der Waals surface area contributed by atoms with Gasteiger partial charge in [-0.1, -0.05) is 6.07 Å². The summed E-state index contributed by atoms with van der Waals surface area (Å²) in [6, 6.07) is 6.20. The van der Waals surface area contributed by atoms with Crippen molar-refractivity contribution >= 4 is 11.6 Å². The molecule has 2 aliphatic heterocycles. The first kappa shape index (κ1) is 17.6. The van der Waals surface area contributed by atoms with Gasteiger partial charge in [0.2, 0.25) is 0 Å². The summed E-state index contributed by atoms with van der Waals surface area (Å²) in [6.07, 6.45) is 1.55. The maximum absolute atomic E-state index is 12.3. The molecular weight excluding hydrogens is 326 g/mol. The van der Waals surface area contributed by atoms with Crippen molar-refractivity contribution in [1.82, 2.24) is 9.80 Å². The number of amides is 1. The van der Waals surface area contributed by atoms with Gasteiger partial charge in [-0.25, -0.2) is 0 Å². The van der Waals surface area contributed by atoms with Gasteiger partial charge in [0.05, 0.1) is 11.0 Å². The fraction of sp³-hybridized carbons (Fsp3) is 0.588. The van der Waals surface area contributed by atoms with Gasteiger partial charge in [-0.05, 0) is 18.9 Å². The van der Waals surface area contributed by atoms with Crippen LogP contribution in [-0.4, -0.2) is 72.7 Å². The maximum Gasteiger partial charge on any atom is 0.273 e. The van der Waals surface area contributed by atoms with Crippen molar-refractivity contribution in [1.29, 1.82) is 0 Å². The molecule has 0 radical (unpaired) electrons. The van der Waals surface area contributed by atoms with Crippen molar-refractivity contribution in [2.24, 2.45) is 0 Å². The summed E-state index contributed by atoms with van der Waals surface area (Å²) in [4.78, 5) is 26.7. The fourth-order valence-corrected chi connectivity index (χ4v) is 3.15. The third-order valence-corrected chi connectivity index (χ3v) is 4.59. The van der Waals surface area contributed by atoms with Crippen LogP contribution in [0.25, 0.3) is 0 Å². The maximum atomic E-state index is 12.3. The summed E-state index contributed by atoms with van der Waals surface area (Å²) in [5, 5.41) is 10.8. The number of carbonyl (C=O) groups is 1. The second-order valence-electron chi connectivity index (χ2n) is 6.27. The molecule has 2 fully saturated rings. The van der Waals surface area contributed by atoms with Gasteiger partial charge < -0.3 is 14.4 Å². The van der Waals surface area contributed by atoms with Crippen LogP contribution in [0.15, 0.2) is 24.3 Å². The highest BCUT2D eigenvalue weighted by atomic mass is 16.6. The number of nitro groups is 1. The van der Waals surface area contributed by atoms with Gasteiger partial charge in [0.15, 0.2) is 0 Å². The van der Waals surface area contributed by atoms with E-state index in [1.807, 2.05) is 4.90 Å². The van der Waals surface area contributed by atoms with Gasteiger partial charge in [-0.15, -0.1) is 0 Å². The molecule has 8 heteroatoms. The van der Waals surface area contributed by atoms with E-state index in [9.17, 15) is 14.9 Å². The molecule has 25 heavy (non-hydrogen) atoms. The molecule has 1 atom stereocenters. The predicted octanol–water partition coefficient (Wildman–Crippen LogP) is 1.30. The lowest BCUT2D eigenvalue weighted by molar-refractivity contribution is -0.384. The average molecular weight is 349 g/mol. The lowest BCUT2D eigenvalue weighted by Crippen LogP contribution is -2.52. The first-order chi connectivity index (χ1) is 12.1. The van der Waals surface area contributed by atoms with Gasteiger partial charge in [0.1, 0.15) is 18.5 Å². The highest BCUT2D eigenvalue weighted by Crippen LogP contribution is 2.19. The van der Waals surface area contributed by atoms with Gasteiger partial charge in [0.25, 0.3) is 11.6 Å². The number of benzene rings is 1. The Balaban J connectivity index is 1.38. The van der Waals surface area contributed by atoms with Crippen LogP contribution in [0.5, 0.6) is 5.75 Å². The number of ether oxygens (including phenoxy) is 2. The molecule has 2 saturated heterocycles. The van der Waals surface area contributed by atoms with E-state index in [0.29, 0.717) is 32.1 Å². The van der Waals surface area contributed by atoms with Crippen LogP contribution < -0.4 is 4.74 Å². The van der Waals surface area contributed by atoms with Crippen LogP contribution in [0, 0.1) is 10.1 Å².